The van der Waals surface area contributed by atoms with Crippen LogP contribution in [-0.2, 0) is 19.4 Å². The summed E-state index contributed by atoms with van der Waals surface area (Å²) in [6, 6.07) is 0. The van der Waals surface area contributed by atoms with Gasteiger partial charge in [-0.2, -0.15) is 8.42 Å². The summed E-state index contributed by atoms with van der Waals surface area (Å²) in [7, 11) is -4.42. The van der Waals surface area contributed by atoms with Crippen LogP contribution in [0.3, 0.4) is 0 Å². The Kier molecular flexibility index (Phi) is 4.60. The lowest BCUT2D eigenvalue weighted by Crippen LogP contribution is -2.06. The fourth-order valence-corrected chi connectivity index (χ4v) is 0.885. The van der Waals surface area contributed by atoms with Crippen LogP contribution in [0.4, 0.5) is 0 Å². The number of carbonyl (C=O) groups is 1. The molecule has 13 heavy (non-hydrogen) atoms. The lowest BCUT2D eigenvalue weighted by molar-refractivity contribution is -0.132. The summed E-state index contributed by atoms with van der Waals surface area (Å²) in [5, 5.41) is 8.33. The van der Waals surface area contributed by atoms with Crippen LogP contribution in [0.15, 0.2) is 12.2 Å². The molecular weight excluding hydrogens is 200 g/mol. The van der Waals surface area contributed by atoms with Gasteiger partial charge in [0.1, 0.15) is 0 Å². The van der Waals surface area contributed by atoms with Crippen molar-refractivity contribution in [1.82, 2.24) is 0 Å². The monoisotopic (exact) mass is 210 g/mol. The molecular formula is C6H10O6S. The average molecular weight is 210 g/mol. The maximum atomic E-state index is 10.2. The van der Waals surface area contributed by atoms with Gasteiger partial charge in [-0.05, 0) is 12.8 Å². The second kappa shape index (κ2) is 4.95. The standard InChI is InChI=1S/C6H10O6S/c1-5(6(7)8)3-2-4-12-13(9,10)11/h1-4H2,(H,7,8)(H,9,10,11). The Bertz CT molecular complexity index is 290. The minimum absolute atomic E-state index is 0.0288. The summed E-state index contributed by atoms with van der Waals surface area (Å²) >= 11 is 0. The third-order valence-electron chi connectivity index (χ3n) is 1.16. The highest BCUT2D eigenvalue weighted by molar-refractivity contribution is 7.80. The van der Waals surface area contributed by atoms with E-state index in [1.807, 2.05) is 0 Å². The molecule has 76 valence electrons. The summed E-state index contributed by atoms with van der Waals surface area (Å²) in [6.45, 7) is 2.96. The third-order valence-corrected chi connectivity index (χ3v) is 1.62. The summed E-state index contributed by atoms with van der Waals surface area (Å²) in [6.07, 6.45) is 0.287. The SMILES string of the molecule is C=C(CCCOS(=O)(=O)O)C(=O)O. The molecule has 2 N–H and O–H groups in total. The zero-order valence-corrected chi connectivity index (χ0v) is 7.58. The van der Waals surface area contributed by atoms with Crippen LogP contribution in [0.5, 0.6) is 0 Å². The lowest BCUT2D eigenvalue weighted by atomic mass is 10.2. The number of hydrogen-bond acceptors (Lipinski definition) is 4. The van der Waals surface area contributed by atoms with E-state index in [-0.39, 0.29) is 25.0 Å². The van der Waals surface area contributed by atoms with Crippen molar-refractivity contribution in [3.8, 4) is 0 Å². The molecule has 0 amide bonds. The predicted molar refractivity (Wildman–Crippen MR) is 43.5 cm³/mol. The van der Waals surface area contributed by atoms with Crippen molar-refractivity contribution in [2.45, 2.75) is 12.8 Å². The van der Waals surface area contributed by atoms with E-state index in [1.165, 1.54) is 0 Å². The molecule has 0 radical (unpaired) electrons. The molecule has 0 atom stereocenters. The highest BCUT2D eigenvalue weighted by atomic mass is 32.3. The normalized spacial score (nSPS) is 11.2. The van der Waals surface area contributed by atoms with E-state index >= 15 is 0 Å². The Morgan fingerprint density at radius 3 is 2.38 bits per heavy atom. The van der Waals surface area contributed by atoms with E-state index in [4.69, 9.17) is 9.66 Å². The topological polar surface area (TPSA) is 101 Å². The van der Waals surface area contributed by atoms with Gasteiger partial charge in [0.25, 0.3) is 0 Å². The van der Waals surface area contributed by atoms with Crippen LogP contribution >= 0.6 is 0 Å². The zero-order valence-electron chi connectivity index (χ0n) is 6.76. The van der Waals surface area contributed by atoms with E-state index < -0.39 is 16.4 Å². The molecule has 0 unspecified atom stereocenters. The first kappa shape index (κ1) is 12.1. The van der Waals surface area contributed by atoms with E-state index in [0.717, 1.165) is 0 Å². The first-order valence-electron chi connectivity index (χ1n) is 3.36. The van der Waals surface area contributed by atoms with Gasteiger partial charge in [-0.1, -0.05) is 6.58 Å². The fraction of sp³-hybridized carbons (Fsp3) is 0.500. The van der Waals surface area contributed by atoms with Gasteiger partial charge in [0.2, 0.25) is 0 Å². The van der Waals surface area contributed by atoms with E-state index in [9.17, 15) is 13.2 Å². The van der Waals surface area contributed by atoms with E-state index in [0.29, 0.717) is 0 Å². The number of aliphatic carboxylic acids is 1. The molecule has 0 aliphatic carbocycles. The molecule has 7 heteroatoms. The number of carboxylic acids is 1. The van der Waals surface area contributed by atoms with Crippen LogP contribution in [0, 0.1) is 0 Å². The van der Waals surface area contributed by atoms with Crippen molar-refractivity contribution < 1.29 is 27.1 Å². The fourth-order valence-electron chi connectivity index (χ4n) is 0.557. The van der Waals surface area contributed by atoms with Crippen LogP contribution in [0.25, 0.3) is 0 Å². The Morgan fingerprint density at radius 2 is 2.00 bits per heavy atom. The van der Waals surface area contributed by atoms with Gasteiger partial charge in [-0.3, -0.25) is 4.55 Å². The van der Waals surface area contributed by atoms with Crippen molar-refractivity contribution in [1.29, 1.82) is 0 Å². The minimum atomic E-state index is -4.42. The Morgan fingerprint density at radius 1 is 1.46 bits per heavy atom. The molecule has 6 nitrogen and oxygen atoms in total. The largest absolute Gasteiger partial charge is 0.478 e. The molecule has 0 bridgehead atoms. The van der Waals surface area contributed by atoms with Crippen LogP contribution in [0.1, 0.15) is 12.8 Å². The number of carboxylic acid groups (broad SMARTS) is 1. The maximum absolute atomic E-state index is 10.2. The molecule has 0 aromatic rings. The quantitative estimate of drug-likeness (QED) is 0.369. The number of rotatable bonds is 6. The van der Waals surface area contributed by atoms with Gasteiger partial charge in [0, 0.05) is 5.57 Å². The van der Waals surface area contributed by atoms with Crippen LogP contribution < -0.4 is 0 Å². The molecule has 0 rings (SSSR count). The zero-order chi connectivity index (χ0) is 10.5. The van der Waals surface area contributed by atoms with E-state index in [1.54, 1.807) is 0 Å². The minimum Gasteiger partial charge on any atom is -0.478 e. The Hall–Kier alpha value is -0.920. The van der Waals surface area contributed by atoms with Crippen molar-refractivity contribution in [3.63, 3.8) is 0 Å². The van der Waals surface area contributed by atoms with E-state index in [2.05, 4.69) is 10.8 Å². The average Bonchev–Trinajstić information content (AvgIpc) is 1.95. The van der Waals surface area contributed by atoms with Gasteiger partial charge < -0.3 is 5.11 Å². The summed E-state index contributed by atoms with van der Waals surface area (Å²) in [5.41, 5.74) is -0.0288. The summed E-state index contributed by atoms with van der Waals surface area (Å²) in [4.78, 5) is 10.2. The van der Waals surface area contributed by atoms with Gasteiger partial charge >= 0.3 is 16.4 Å². The molecule has 0 heterocycles. The molecule has 0 aromatic heterocycles. The van der Waals surface area contributed by atoms with Gasteiger partial charge in [-0.25, -0.2) is 8.98 Å². The van der Waals surface area contributed by atoms with Crippen LogP contribution in [0.2, 0.25) is 0 Å². The van der Waals surface area contributed by atoms with Gasteiger partial charge in [0.05, 0.1) is 6.61 Å². The van der Waals surface area contributed by atoms with Crippen molar-refractivity contribution in [2.24, 2.45) is 0 Å². The molecule has 0 aliphatic rings. The molecule has 0 fully saturated rings. The van der Waals surface area contributed by atoms with Gasteiger partial charge in [-0.15, -0.1) is 0 Å². The van der Waals surface area contributed by atoms with Crippen molar-refractivity contribution in [2.75, 3.05) is 6.61 Å². The molecule has 0 saturated heterocycles. The second-order valence-corrected chi connectivity index (χ2v) is 3.35. The summed E-state index contributed by atoms with van der Waals surface area (Å²) < 4.78 is 32.1. The second-order valence-electron chi connectivity index (χ2n) is 2.26. The molecule has 0 aliphatic heterocycles. The first-order chi connectivity index (χ1) is 5.83. The Labute approximate surface area is 75.8 Å². The van der Waals surface area contributed by atoms with Crippen molar-refractivity contribution >= 4 is 16.4 Å². The third kappa shape index (κ3) is 7.44. The predicted octanol–water partition coefficient (Wildman–Crippen LogP) is 0.227. The number of hydrogen-bond donors (Lipinski definition) is 2. The Balaban J connectivity index is 3.59. The highest BCUT2D eigenvalue weighted by Gasteiger charge is 2.06. The first-order valence-corrected chi connectivity index (χ1v) is 4.72. The van der Waals surface area contributed by atoms with Crippen LogP contribution in [-0.4, -0.2) is 30.7 Å². The molecule has 0 aromatic carbocycles. The summed E-state index contributed by atoms with van der Waals surface area (Å²) in [5.74, 6) is -1.13. The van der Waals surface area contributed by atoms with Gasteiger partial charge in [0.15, 0.2) is 0 Å². The molecule has 0 saturated carbocycles. The molecule has 0 spiro atoms. The smallest absolute Gasteiger partial charge is 0.397 e. The highest BCUT2D eigenvalue weighted by Crippen LogP contribution is 2.03. The maximum Gasteiger partial charge on any atom is 0.397 e. The lowest BCUT2D eigenvalue weighted by Gasteiger charge is -1.99. The van der Waals surface area contributed by atoms with Crippen molar-refractivity contribution in [3.05, 3.63) is 12.2 Å².